The molecule has 162 valence electrons. The number of nitrogens with zero attached hydrogens (tertiary/aromatic N) is 2. The van der Waals surface area contributed by atoms with Crippen molar-refractivity contribution in [3.05, 3.63) is 95.0 Å². The zero-order chi connectivity index (χ0) is 22.4. The van der Waals surface area contributed by atoms with E-state index in [1.807, 2.05) is 23.1 Å². The Hall–Kier alpha value is -3.08. The number of allylic oxidation sites excluding steroid dienone is 2. The quantitative estimate of drug-likeness (QED) is 0.248. The summed E-state index contributed by atoms with van der Waals surface area (Å²) in [5, 5.41) is 7.85. The average molecular weight is 466 g/mol. The minimum Gasteiger partial charge on any atom is -0.335 e. The highest BCUT2D eigenvalue weighted by molar-refractivity contribution is 8.04. The van der Waals surface area contributed by atoms with Crippen LogP contribution >= 0.6 is 23.1 Å². The molecule has 0 saturated heterocycles. The second kappa shape index (κ2) is 8.36. The zero-order valence-electron chi connectivity index (χ0n) is 18.8. The van der Waals surface area contributed by atoms with Gasteiger partial charge in [-0.2, -0.15) is 4.57 Å². The lowest BCUT2D eigenvalue weighted by atomic mass is 10.1. The molecule has 2 nitrogen and oxygen atoms in total. The van der Waals surface area contributed by atoms with Crippen LogP contribution in [0.3, 0.4) is 0 Å². The number of anilines is 1. The van der Waals surface area contributed by atoms with Gasteiger partial charge in [0.25, 0.3) is 5.01 Å². The zero-order valence-corrected chi connectivity index (χ0v) is 20.4. The van der Waals surface area contributed by atoms with Crippen molar-refractivity contribution in [2.45, 2.75) is 25.3 Å². The van der Waals surface area contributed by atoms with Crippen molar-refractivity contribution < 1.29 is 4.57 Å². The van der Waals surface area contributed by atoms with Gasteiger partial charge in [-0.05, 0) is 54.3 Å². The van der Waals surface area contributed by atoms with Crippen molar-refractivity contribution >= 4 is 66.6 Å². The molecule has 0 spiro atoms. The van der Waals surface area contributed by atoms with Crippen LogP contribution in [-0.4, -0.2) is 6.54 Å². The molecule has 5 aromatic rings. The number of aryl methyl sites for hydroxylation is 1. The van der Waals surface area contributed by atoms with Crippen molar-refractivity contribution in [1.82, 2.24) is 0 Å². The van der Waals surface area contributed by atoms with Crippen molar-refractivity contribution in [3.63, 3.8) is 0 Å². The van der Waals surface area contributed by atoms with E-state index in [1.165, 1.54) is 52.4 Å². The van der Waals surface area contributed by atoms with Crippen LogP contribution < -0.4 is 9.47 Å². The molecule has 4 heteroatoms. The van der Waals surface area contributed by atoms with E-state index in [0.717, 1.165) is 13.1 Å². The monoisotopic (exact) mass is 465 g/mol. The Labute approximate surface area is 202 Å². The predicted octanol–water partition coefficient (Wildman–Crippen LogP) is 8.00. The number of hydrogen-bond donors (Lipinski definition) is 0. The van der Waals surface area contributed by atoms with E-state index in [1.54, 1.807) is 0 Å². The summed E-state index contributed by atoms with van der Waals surface area (Å²) in [6.07, 6.45) is 6.76. The van der Waals surface area contributed by atoms with Crippen LogP contribution in [0.1, 0.15) is 18.9 Å². The van der Waals surface area contributed by atoms with Crippen LogP contribution in [0.4, 0.5) is 5.69 Å². The lowest BCUT2D eigenvalue weighted by Crippen LogP contribution is -2.33. The first-order valence-electron chi connectivity index (χ1n) is 11.5. The Morgan fingerprint density at radius 3 is 2.36 bits per heavy atom. The number of fused-ring (bicyclic) bond motifs is 6. The number of benzene rings is 4. The molecule has 0 unspecified atom stereocenters. The first-order valence-corrected chi connectivity index (χ1v) is 13.1. The maximum atomic E-state index is 2.44. The summed E-state index contributed by atoms with van der Waals surface area (Å²) in [6, 6.07) is 26.4. The minimum absolute atomic E-state index is 0.956. The highest BCUT2D eigenvalue weighted by Gasteiger charge is 2.25. The number of rotatable bonds is 4. The molecular formula is C29H25N2S2+. The van der Waals surface area contributed by atoms with Gasteiger partial charge in [-0.25, -0.2) is 0 Å². The highest BCUT2D eigenvalue weighted by atomic mass is 32.2. The largest absolute Gasteiger partial charge is 0.335 e. The normalized spacial score (nSPS) is 15.0. The summed E-state index contributed by atoms with van der Waals surface area (Å²) in [5.41, 5.74) is 2.66. The molecule has 0 atom stereocenters. The maximum absolute atomic E-state index is 2.44. The third kappa shape index (κ3) is 3.36. The van der Waals surface area contributed by atoms with Gasteiger partial charge in [-0.3, -0.25) is 0 Å². The average Bonchev–Trinajstić information content (AvgIpc) is 3.41. The van der Waals surface area contributed by atoms with Crippen molar-refractivity contribution in [2.24, 2.45) is 0 Å². The van der Waals surface area contributed by atoms with Crippen LogP contribution in [0, 0.1) is 0 Å². The molecular weight excluding hydrogens is 440 g/mol. The van der Waals surface area contributed by atoms with Crippen molar-refractivity contribution in [1.29, 1.82) is 0 Å². The lowest BCUT2D eigenvalue weighted by molar-refractivity contribution is -0.664. The van der Waals surface area contributed by atoms with E-state index in [-0.39, 0.29) is 0 Å². The number of hydrogen-bond acceptors (Lipinski definition) is 3. The summed E-state index contributed by atoms with van der Waals surface area (Å²) in [6.45, 7) is 6.38. The molecule has 4 aromatic carbocycles. The fourth-order valence-electron chi connectivity index (χ4n) is 4.80. The molecule has 0 amide bonds. The van der Waals surface area contributed by atoms with Crippen LogP contribution in [0.5, 0.6) is 0 Å². The molecule has 0 aliphatic carbocycles. The van der Waals surface area contributed by atoms with Gasteiger partial charge in [0.15, 0.2) is 0 Å². The van der Waals surface area contributed by atoms with Crippen LogP contribution in [0.15, 0.2) is 94.9 Å². The molecule has 1 aliphatic rings. The molecule has 0 N–H and O–H groups in total. The summed E-state index contributed by atoms with van der Waals surface area (Å²) < 4.78 is 3.78. The van der Waals surface area contributed by atoms with Crippen LogP contribution in [-0.2, 0) is 6.54 Å². The van der Waals surface area contributed by atoms with Gasteiger partial charge in [0.05, 0.1) is 16.1 Å². The van der Waals surface area contributed by atoms with Gasteiger partial charge >= 0.3 is 0 Å². The summed E-state index contributed by atoms with van der Waals surface area (Å²) in [5.74, 6) is 0. The van der Waals surface area contributed by atoms with E-state index in [2.05, 4.69) is 114 Å². The minimum atomic E-state index is 0.956. The molecule has 6 rings (SSSR count). The lowest BCUT2D eigenvalue weighted by Gasteiger charge is -2.17. The van der Waals surface area contributed by atoms with Gasteiger partial charge in [0.1, 0.15) is 11.2 Å². The van der Waals surface area contributed by atoms with Crippen molar-refractivity contribution in [3.8, 4) is 0 Å². The SMILES string of the molecule is CCN1/C(=C/C=C/c2sc3ccc4ccccc4c3[n+]2CC)Sc2c1ccc1ccccc21. The van der Waals surface area contributed by atoms with Crippen molar-refractivity contribution in [2.75, 3.05) is 11.4 Å². The third-order valence-corrected chi connectivity index (χ3v) is 8.66. The third-order valence-electron chi connectivity index (χ3n) is 6.35. The maximum Gasteiger partial charge on any atom is 0.262 e. The van der Waals surface area contributed by atoms with Gasteiger partial charge in [-0.15, -0.1) is 0 Å². The van der Waals surface area contributed by atoms with E-state index in [4.69, 9.17) is 0 Å². The fraction of sp³-hybridized carbons (Fsp3) is 0.138. The molecule has 1 aliphatic heterocycles. The molecule has 0 saturated carbocycles. The summed E-state index contributed by atoms with van der Waals surface area (Å²) in [4.78, 5) is 3.79. The molecule has 2 heterocycles. The Balaban J connectivity index is 1.39. The number of thiazole rings is 1. The molecule has 0 radical (unpaired) electrons. The van der Waals surface area contributed by atoms with E-state index < -0.39 is 0 Å². The smallest absolute Gasteiger partial charge is 0.262 e. The molecule has 0 bridgehead atoms. The van der Waals surface area contributed by atoms with Gasteiger partial charge in [0, 0.05) is 17.5 Å². The highest BCUT2D eigenvalue weighted by Crippen LogP contribution is 2.49. The Morgan fingerprint density at radius 1 is 0.848 bits per heavy atom. The van der Waals surface area contributed by atoms with Crippen LogP contribution in [0.2, 0.25) is 0 Å². The predicted molar refractivity (Wildman–Crippen MR) is 145 cm³/mol. The van der Waals surface area contributed by atoms with Gasteiger partial charge < -0.3 is 4.90 Å². The van der Waals surface area contributed by atoms with E-state index in [0.29, 0.717) is 0 Å². The summed E-state index contributed by atoms with van der Waals surface area (Å²) in [7, 11) is 0. The molecule has 1 aromatic heterocycles. The number of thioether (sulfide) groups is 1. The fourth-order valence-corrected chi connectivity index (χ4v) is 7.23. The Bertz CT molecular complexity index is 1580. The first-order chi connectivity index (χ1) is 16.3. The number of aromatic nitrogens is 1. The van der Waals surface area contributed by atoms with E-state index in [9.17, 15) is 0 Å². The van der Waals surface area contributed by atoms with E-state index >= 15 is 0 Å². The van der Waals surface area contributed by atoms with Gasteiger partial charge in [-0.1, -0.05) is 83.8 Å². The molecule has 0 fully saturated rings. The Morgan fingerprint density at radius 2 is 1.58 bits per heavy atom. The standard InChI is InChI=1S/C29H25N2S2/c1-3-30-24-18-16-21-11-6-8-13-23(21)29(24)33-26(30)14-9-15-27-31(4-2)28-22-12-7-5-10-20(22)17-19-25(28)32-27/h5-19H,3-4H2,1-2H3/q+1. The van der Waals surface area contributed by atoms with Gasteiger partial charge in [0.2, 0.25) is 5.52 Å². The topological polar surface area (TPSA) is 7.12 Å². The Kier molecular flexibility index (Phi) is 5.20. The molecule has 33 heavy (non-hydrogen) atoms. The summed E-state index contributed by atoms with van der Waals surface area (Å²) >= 11 is 3.75. The second-order valence-electron chi connectivity index (χ2n) is 8.16. The second-order valence-corrected chi connectivity index (χ2v) is 10.3. The van der Waals surface area contributed by atoms with Crippen LogP contribution in [0.25, 0.3) is 37.8 Å². The first kappa shape index (κ1) is 20.5.